The van der Waals surface area contributed by atoms with Crippen molar-refractivity contribution in [3.63, 3.8) is 0 Å². The van der Waals surface area contributed by atoms with E-state index in [1.807, 2.05) is 35.7 Å². The van der Waals surface area contributed by atoms with Crippen LogP contribution in [0.4, 0.5) is 5.69 Å². The monoisotopic (exact) mass is 508 g/mol. The summed E-state index contributed by atoms with van der Waals surface area (Å²) in [6.07, 6.45) is 11.0. The summed E-state index contributed by atoms with van der Waals surface area (Å²) < 4.78 is 0. The highest BCUT2D eigenvalue weighted by Crippen LogP contribution is 2.33. The van der Waals surface area contributed by atoms with Gasteiger partial charge in [0, 0.05) is 29.3 Å². The van der Waals surface area contributed by atoms with Crippen molar-refractivity contribution in [2.24, 2.45) is 5.92 Å². The fraction of sp³-hybridized carbons (Fsp3) is 0.222. The summed E-state index contributed by atoms with van der Waals surface area (Å²) in [6.45, 7) is 0. The van der Waals surface area contributed by atoms with Crippen LogP contribution in [0.2, 0.25) is 0 Å². The fourth-order valence-corrected chi connectivity index (χ4v) is 5.84. The van der Waals surface area contributed by atoms with Gasteiger partial charge in [-0.25, -0.2) is 4.98 Å². The van der Waals surface area contributed by atoms with E-state index in [0.717, 1.165) is 62.3 Å². The molecule has 6 heterocycles. The van der Waals surface area contributed by atoms with E-state index < -0.39 is 6.23 Å². The van der Waals surface area contributed by atoms with Gasteiger partial charge in [0.25, 0.3) is 0 Å². The standard InChI is InChI=1S/C27H24N8OS/c36-27(15-4-1-2-5-15)31-17-10-16(12-28-13-17)20-11-18-21(14-30-20)34-35-23(18)26-32-19-7-8-29-25(24(19)33-26)22-6-3-9-37-22/h3,6-15,27,31,36H,1-2,4-5H2,(H,32,33)(H,34,35). The number of aromatic nitrogens is 7. The van der Waals surface area contributed by atoms with Gasteiger partial charge in [-0.1, -0.05) is 18.9 Å². The Balaban J connectivity index is 1.24. The van der Waals surface area contributed by atoms with E-state index in [-0.39, 0.29) is 5.92 Å². The van der Waals surface area contributed by atoms with E-state index in [0.29, 0.717) is 11.5 Å². The number of nitrogens with one attached hydrogen (secondary N) is 3. The third kappa shape index (κ3) is 4.04. The molecule has 9 nitrogen and oxygen atoms in total. The van der Waals surface area contributed by atoms with Crippen LogP contribution in [0, 0.1) is 5.92 Å². The number of H-pyrrole nitrogens is 2. The third-order valence-corrected chi connectivity index (χ3v) is 7.90. The predicted octanol–water partition coefficient (Wildman–Crippen LogP) is 5.61. The lowest BCUT2D eigenvalue weighted by molar-refractivity contribution is 0.137. The van der Waals surface area contributed by atoms with Crippen LogP contribution in [0.15, 0.2) is 60.5 Å². The van der Waals surface area contributed by atoms with Gasteiger partial charge >= 0.3 is 0 Å². The third-order valence-electron chi connectivity index (χ3n) is 7.02. The van der Waals surface area contributed by atoms with Gasteiger partial charge in [-0.3, -0.25) is 20.1 Å². The molecule has 0 saturated heterocycles. The molecule has 6 aromatic rings. The number of nitrogens with zero attached hydrogens (tertiary/aromatic N) is 5. The van der Waals surface area contributed by atoms with Crippen LogP contribution in [0.5, 0.6) is 0 Å². The van der Waals surface area contributed by atoms with E-state index >= 15 is 0 Å². The first-order valence-electron chi connectivity index (χ1n) is 12.4. The quantitative estimate of drug-likeness (QED) is 0.215. The number of fused-ring (bicyclic) bond motifs is 2. The maximum Gasteiger partial charge on any atom is 0.159 e. The molecule has 1 atom stereocenters. The molecule has 0 amide bonds. The number of aliphatic hydroxyl groups is 1. The molecule has 10 heteroatoms. The zero-order valence-corrected chi connectivity index (χ0v) is 20.7. The topological polar surface area (TPSA) is 128 Å². The highest BCUT2D eigenvalue weighted by atomic mass is 32.1. The van der Waals surface area contributed by atoms with Gasteiger partial charge < -0.3 is 15.4 Å². The molecule has 6 aromatic heterocycles. The van der Waals surface area contributed by atoms with Crippen LogP contribution in [0.3, 0.4) is 0 Å². The maximum absolute atomic E-state index is 10.6. The molecule has 1 aliphatic rings. The molecule has 1 saturated carbocycles. The van der Waals surface area contributed by atoms with Gasteiger partial charge in [-0.15, -0.1) is 11.3 Å². The summed E-state index contributed by atoms with van der Waals surface area (Å²) in [5.74, 6) is 0.948. The molecule has 1 fully saturated rings. The highest BCUT2D eigenvalue weighted by Gasteiger charge is 2.23. The number of aliphatic hydroxyl groups excluding tert-OH is 1. The summed E-state index contributed by atoms with van der Waals surface area (Å²) in [5, 5.41) is 24.4. The Labute approximate surface area is 216 Å². The smallest absolute Gasteiger partial charge is 0.159 e. The first-order valence-corrected chi connectivity index (χ1v) is 13.2. The van der Waals surface area contributed by atoms with Gasteiger partial charge in [-0.2, -0.15) is 5.10 Å². The Bertz CT molecular complexity index is 1700. The normalized spacial score (nSPS) is 15.1. The highest BCUT2D eigenvalue weighted by molar-refractivity contribution is 7.13. The molecule has 0 bridgehead atoms. The number of aromatic amines is 2. The summed E-state index contributed by atoms with van der Waals surface area (Å²) in [5.41, 5.74) is 6.49. The van der Waals surface area contributed by atoms with Crippen molar-refractivity contribution in [3.8, 4) is 33.3 Å². The molecule has 1 aliphatic carbocycles. The van der Waals surface area contributed by atoms with Crippen molar-refractivity contribution in [1.82, 2.24) is 35.1 Å². The molecule has 184 valence electrons. The van der Waals surface area contributed by atoms with E-state index in [1.165, 1.54) is 12.8 Å². The Morgan fingerprint density at radius 3 is 2.81 bits per heavy atom. The summed E-state index contributed by atoms with van der Waals surface area (Å²) in [6, 6.07) is 9.95. The molecule has 7 rings (SSSR count). The zero-order valence-electron chi connectivity index (χ0n) is 19.8. The molecular weight excluding hydrogens is 484 g/mol. The van der Waals surface area contributed by atoms with Crippen molar-refractivity contribution in [3.05, 3.63) is 60.5 Å². The minimum absolute atomic E-state index is 0.283. The molecule has 0 aromatic carbocycles. The molecule has 0 radical (unpaired) electrons. The fourth-order valence-electron chi connectivity index (χ4n) is 5.12. The van der Waals surface area contributed by atoms with Crippen molar-refractivity contribution in [1.29, 1.82) is 0 Å². The van der Waals surface area contributed by atoms with Crippen LogP contribution in [-0.2, 0) is 0 Å². The van der Waals surface area contributed by atoms with Gasteiger partial charge in [0.1, 0.15) is 23.1 Å². The number of pyridine rings is 3. The lowest BCUT2D eigenvalue weighted by Gasteiger charge is -2.20. The summed E-state index contributed by atoms with van der Waals surface area (Å²) >= 11 is 1.64. The second-order valence-corrected chi connectivity index (χ2v) is 10.3. The predicted molar refractivity (Wildman–Crippen MR) is 145 cm³/mol. The number of hydrogen-bond donors (Lipinski definition) is 4. The van der Waals surface area contributed by atoms with Crippen LogP contribution in [0.1, 0.15) is 25.7 Å². The zero-order chi connectivity index (χ0) is 24.8. The van der Waals surface area contributed by atoms with Crippen LogP contribution < -0.4 is 5.32 Å². The van der Waals surface area contributed by atoms with Crippen molar-refractivity contribution in [2.75, 3.05) is 5.32 Å². The SMILES string of the molecule is OC(Nc1cncc(-c2cc3c(-c4nc5c(-c6cccs6)nccc5[nH]4)n[nH]c3cn2)c1)C1CCCC1. The number of thiophene rings is 1. The Kier molecular flexibility index (Phi) is 5.40. The number of hydrogen-bond acceptors (Lipinski definition) is 8. The molecule has 1 unspecified atom stereocenters. The first-order chi connectivity index (χ1) is 18.2. The van der Waals surface area contributed by atoms with Crippen molar-refractivity contribution >= 4 is 39.0 Å². The average molecular weight is 509 g/mol. The van der Waals surface area contributed by atoms with E-state index in [4.69, 9.17) is 4.98 Å². The van der Waals surface area contributed by atoms with Gasteiger partial charge in [0.15, 0.2) is 5.82 Å². The molecule has 0 spiro atoms. The van der Waals surface area contributed by atoms with Crippen molar-refractivity contribution in [2.45, 2.75) is 31.9 Å². The second kappa shape index (κ2) is 9.06. The van der Waals surface area contributed by atoms with Crippen LogP contribution >= 0.6 is 11.3 Å². The minimum atomic E-state index is -0.572. The first kappa shape index (κ1) is 22.1. The summed E-state index contributed by atoms with van der Waals surface area (Å²) in [4.78, 5) is 23.0. The molecular formula is C27H24N8OS. The Morgan fingerprint density at radius 2 is 1.95 bits per heavy atom. The average Bonchev–Trinajstić information content (AvgIpc) is 3.74. The van der Waals surface area contributed by atoms with Crippen LogP contribution in [-0.4, -0.2) is 46.5 Å². The molecule has 4 N–H and O–H groups in total. The van der Waals surface area contributed by atoms with Crippen LogP contribution in [0.25, 0.3) is 55.3 Å². The summed E-state index contributed by atoms with van der Waals surface area (Å²) in [7, 11) is 0. The largest absolute Gasteiger partial charge is 0.374 e. The van der Waals surface area contributed by atoms with E-state index in [2.05, 4.69) is 35.5 Å². The van der Waals surface area contributed by atoms with E-state index in [9.17, 15) is 5.11 Å². The Hall–Kier alpha value is -4.15. The van der Waals surface area contributed by atoms with Gasteiger partial charge in [0.05, 0.1) is 39.7 Å². The molecule has 0 aliphatic heterocycles. The number of rotatable bonds is 6. The van der Waals surface area contributed by atoms with E-state index in [1.54, 1.807) is 36.1 Å². The second-order valence-electron chi connectivity index (χ2n) is 9.40. The molecule has 37 heavy (non-hydrogen) atoms. The van der Waals surface area contributed by atoms with Gasteiger partial charge in [-0.05, 0) is 42.5 Å². The minimum Gasteiger partial charge on any atom is -0.374 e. The van der Waals surface area contributed by atoms with Gasteiger partial charge in [0.2, 0.25) is 0 Å². The number of imidazole rings is 1. The Morgan fingerprint density at radius 1 is 1.03 bits per heavy atom. The van der Waals surface area contributed by atoms with Crippen molar-refractivity contribution < 1.29 is 5.11 Å². The maximum atomic E-state index is 10.6. The lowest BCUT2D eigenvalue weighted by Crippen LogP contribution is -2.26. The number of anilines is 1. The lowest BCUT2D eigenvalue weighted by atomic mass is 10.1.